The number of hydrogen-bond acceptors (Lipinski definition) is 3. The summed E-state index contributed by atoms with van der Waals surface area (Å²) in [5.41, 5.74) is 14.7. The topological polar surface area (TPSA) is 63.0 Å². The van der Waals surface area contributed by atoms with E-state index in [0.717, 1.165) is 33.4 Å². The maximum atomic E-state index is 8.93. The zero-order valence-electron chi connectivity index (χ0n) is 16.1. The lowest BCUT2D eigenvalue weighted by molar-refractivity contribution is 0.564. The Bertz CT molecular complexity index is 1210. The largest absolute Gasteiger partial charge is 0.458 e. The molecule has 0 spiro atoms. The number of furan rings is 1. The van der Waals surface area contributed by atoms with Crippen molar-refractivity contribution in [3.05, 3.63) is 88.7 Å². The smallest absolute Gasteiger partial charge is 0.137 e. The minimum atomic E-state index is 0.407. The molecule has 0 atom stereocenters. The van der Waals surface area contributed by atoms with Crippen LogP contribution < -0.4 is 5.73 Å². The third-order valence-electron chi connectivity index (χ3n) is 5.20. The Morgan fingerprint density at radius 3 is 2.57 bits per heavy atom. The van der Waals surface area contributed by atoms with Gasteiger partial charge in [0.1, 0.15) is 11.3 Å². The zero-order chi connectivity index (χ0) is 19.7. The number of rotatable bonds is 4. The molecule has 0 bridgehead atoms. The van der Waals surface area contributed by atoms with Crippen LogP contribution in [0.5, 0.6) is 0 Å². The van der Waals surface area contributed by atoms with Crippen molar-refractivity contribution >= 4 is 16.7 Å². The Morgan fingerprint density at radius 2 is 1.79 bits per heavy atom. The predicted octanol–water partition coefficient (Wildman–Crippen LogP) is 5.96. The van der Waals surface area contributed by atoms with Crippen molar-refractivity contribution in [2.75, 3.05) is 5.73 Å². The number of hydrogen-bond donors (Lipinski definition) is 1. The third-order valence-corrected chi connectivity index (χ3v) is 5.20. The van der Waals surface area contributed by atoms with Gasteiger partial charge in [-0.2, -0.15) is 5.26 Å². The van der Waals surface area contributed by atoms with E-state index in [-0.39, 0.29) is 0 Å². The van der Waals surface area contributed by atoms with Crippen molar-refractivity contribution in [1.82, 2.24) is 0 Å². The number of anilines is 1. The van der Waals surface area contributed by atoms with Crippen molar-refractivity contribution in [2.45, 2.75) is 26.7 Å². The van der Waals surface area contributed by atoms with Crippen molar-refractivity contribution in [3.63, 3.8) is 0 Å². The molecule has 1 aromatic heterocycles. The Morgan fingerprint density at radius 1 is 0.964 bits per heavy atom. The summed E-state index contributed by atoms with van der Waals surface area (Å²) in [6.07, 6.45) is 1.09. The van der Waals surface area contributed by atoms with Crippen molar-refractivity contribution in [3.8, 4) is 17.2 Å². The summed E-state index contributed by atoms with van der Waals surface area (Å²) in [5.74, 6) is 0.803. The molecule has 0 unspecified atom stereocenters. The van der Waals surface area contributed by atoms with Gasteiger partial charge in [0.05, 0.1) is 18.2 Å². The molecule has 0 radical (unpaired) electrons. The number of nitrogens with two attached hydrogens (primary N) is 1. The van der Waals surface area contributed by atoms with E-state index in [0.29, 0.717) is 18.5 Å². The molecule has 0 aliphatic heterocycles. The van der Waals surface area contributed by atoms with Crippen LogP contribution in [0.3, 0.4) is 0 Å². The Hall–Kier alpha value is -3.51. The van der Waals surface area contributed by atoms with Gasteiger partial charge in [-0.3, -0.25) is 0 Å². The molecule has 4 rings (SSSR count). The summed E-state index contributed by atoms with van der Waals surface area (Å²) >= 11 is 0. The molecule has 138 valence electrons. The SMILES string of the molecule is Cc1ccc(Cc2oc3cc(-c4cccc(CC#N)c4)ccc3c2N)c(C)c1. The highest BCUT2D eigenvalue weighted by Crippen LogP contribution is 2.34. The Balaban J connectivity index is 1.71. The van der Waals surface area contributed by atoms with E-state index < -0.39 is 0 Å². The van der Waals surface area contributed by atoms with Crippen molar-refractivity contribution < 1.29 is 4.42 Å². The molecule has 1 heterocycles. The first-order valence-electron chi connectivity index (χ1n) is 9.38. The number of benzene rings is 3. The molecule has 0 amide bonds. The first kappa shape index (κ1) is 17.9. The predicted molar refractivity (Wildman–Crippen MR) is 114 cm³/mol. The summed E-state index contributed by atoms with van der Waals surface area (Å²) in [5, 5.41) is 9.87. The average molecular weight is 366 g/mol. The van der Waals surface area contributed by atoms with Crippen LogP contribution in [0.2, 0.25) is 0 Å². The third kappa shape index (κ3) is 3.37. The quantitative estimate of drug-likeness (QED) is 0.485. The molecular weight excluding hydrogens is 344 g/mol. The van der Waals surface area contributed by atoms with E-state index in [1.165, 1.54) is 16.7 Å². The maximum Gasteiger partial charge on any atom is 0.137 e. The van der Waals surface area contributed by atoms with Crippen LogP contribution in [0.15, 0.2) is 65.1 Å². The van der Waals surface area contributed by atoms with E-state index in [1.807, 2.05) is 36.4 Å². The molecule has 0 fully saturated rings. The van der Waals surface area contributed by atoms with Gasteiger partial charge >= 0.3 is 0 Å². The van der Waals surface area contributed by atoms with E-state index in [4.69, 9.17) is 15.4 Å². The second-order valence-corrected chi connectivity index (χ2v) is 7.29. The van der Waals surface area contributed by atoms with Crippen LogP contribution in [0.25, 0.3) is 22.1 Å². The fraction of sp³-hybridized carbons (Fsp3) is 0.160. The van der Waals surface area contributed by atoms with Crippen LogP contribution in [-0.2, 0) is 12.8 Å². The fourth-order valence-electron chi connectivity index (χ4n) is 3.65. The van der Waals surface area contributed by atoms with E-state index in [9.17, 15) is 0 Å². The summed E-state index contributed by atoms with van der Waals surface area (Å²) in [6.45, 7) is 4.22. The van der Waals surface area contributed by atoms with Gasteiger partial charge in [-0.05, 0) is 53.8 Å². The van der Waals surface area contributed by atoms with Gasteiger partial charge in [0, 0.05) is 11.8 Å². The summed E-state index contributed by atoms with van der Waals surface area (Å²) in [4.78, 5) is 0. The van der Waals surface area contributed by atoms with Crippen LogP contribution in [0.1, 0.15) is 28.0 Å². The van der Waals surface area contributed by atoms with Crippen LogP contribution in [-0.4, -0.2) is 0 Å². The molecule has 3 nitrogen and oxygen atoms in total. The highest BCUT2D eigenvalue weighted by molar-refractivity contribution is 5.93. The molecule has 3 aromatic carbocycles. The van der Waals surface area contributed by atoms with Gasteiger partial charge in [0.15, 0.2) is 0 Å². The van der Waals surface area contributed by atoms with Crippen molar-refractivity contribution in [2.24, 2.45) is 0 Å². The lowest BCUT2D eigenvalue weighted by Crippen LogP contribution is -1.95. The van der Waals surface area contributed by atoms with E-state index >= 15 is 0 Å². The summed E-state index contributed by atoms with van der Waals surface area (Å²) in [7, 11) is 0. The summed E-state index contributed by atoms with van der Waals surface area (Å²) < 4.78 is 6.15. The van der Waals surface area contributed by atoms with Gasteiger partial charge < -0.3 is 10.2 Å². The monoisotopic (exact) mass is 366 g/mol. The highest BCUT2D eigenvalue weighted by Gasteiger charge is 2.14. The second kappa shape index (κ2) is 7.25. The molecule has 3 heteroatoms. The number of nitriles is 1. The van der Waals surface area contributed by atoms with Gasteiger partial charge in [0.25, 0.3) is 0 Å². The Labute approximate surface area is 165 Å². The molecule has 2 N–H and O–H groups in total. The number of nitrogens with zero attached hydrogens (tertiary/aromatic N) is 1. The molecule has 4 aromatic rings. The minimum absolute atomic E-state index is 0.407. The molecule has 0 aliphatic rings. The molecular formula is C25H22N2O. The fourth-order valence-corrected chi connectivity index (χ4v) is 3.65. The van der Waals surface area contributed by atoms with Crippen LogP contribution in [0, 0.1) is 25.2 Å². The van der Waals surface area contributed by atoms with Gasteiger partial charge in [-0.15, -0.1) is 0 Å². The molecule has 28 heavy (non-hydrogen) atoms. The number of nitrogen functional groups attached to an aromatic ring is 1. The van der Waals surface area contributed by atoms with Gasteiger partial charge in [0.2, 0.25) is 0 Å². The van der Waals surface area contributed by atoms with E-state index in [2.05, 4.69) is 44.2 Å². The molecule has 0 aliphatic carbocycles. The number of aryl methyl sites for hydroxylation is 2. The van der Waals surface area contributed by atoms with E-state index in [1.54, 1.807) is 0 Å². The normalized spacial score (nSPS) is 10.9. The first-order valence-corrected chi connectivity index (χ1v) is 9.38. The van der Waals surface area contributed by atoms with Gasteiger partial charge in [-0.1, -0.05) is 54.1 Å². The van der Waals surface area contributed by atoms with Gasteiger partial charge in [-0.25, -0.2) is 0 Å². The molecule has 0 saturated carbocycles. The van der Waals surface area contributed by atoms with Crippen molar-refractivity contribution in [1.29, 1.82) is 5.26 Å². The standard InChI is InChI=1S/C25H22N2O/c1-16-6-7-19(17(2)12-16)14-24-25(27)22-9-8-21(15-23(22)28-24)20-5-3-4-18(13-20)10-11-26/h3-9,12-13,15H,10,14,27H2,1-2H3. The second-order valence-electron chi connectivity index (χ2n) is 7.29. The maximum absolute atomic E-state index is 8.93. The lowest BCUT2D eigenvalue weighted by atomic mass is 10.00. The lowest BCUT2D eigenvalue weighted by Gasteiger charge is -2.05. The van der Waals surface area contributed by atoms with Crippen LogP contribution >= 0.6 is 0 Å². The van der Waals surface area contributed by atoms with Crippen LogP contribution in [0.4, 0.5) is 5.69 Å². The minimum Gasteiger partial charge on any atom is -0.458 e. The first-order chi connectivity index (χ1) is 13.5. The number of fused-ring (bicyclic) bond motifs is 1. The average Bonchev–Trinajstić information content (AvgIpc) is 2.99. The Kier molecular flexibility index (Phi) is 4.63. The summed E-state index contributed by atoms with van der Waals surface area (Å²) in [6, 6.07) is 22.8. The highest BCUT2D eigenvalue weighted by atomic mass is 16.3. The zero-order valence-corrected chi connectivity index (χ0v) is 16.1. The molecule has 0 saturated heterocycles.